The lowest BCUT2D eigenvalue weighted by Gasteiger charge is -2.35. The van der Waals surface area contributed by atoms with Crippen molar-refractivity contribution in [3.8, 4) is 5.75 Å². The molecule has 0 N–H and O–H groups in total. The van der Waals surface area contributed by atoms with E-state index in [9.17, 15) is 0 Å². The maximum Gasteiger partial charge on any atom is 0.119 e. The van der Waals surface area contributed by atoms with E-state index in [0.717, 1.165) is 30.9 Å². The van der Waals surface area contributed by atoms with E-state index in [0.29, 0.717) is 19.3 Å². The Labute approximate surface area is 160 Å². The normalized spacial score (nSPS) is 16.9. The number of pyridine rings is 1. The van der Waals surface area contributed by atoms with Gasteiger partial charge >= 0.3 is 0 Å². The smallest absolute Gasteiger partial charge is 0.119 e. The van der Waals surface area contributed by atoms with E-state index in [1.807, 2.05) is 18.2 Å². The van der Waals surface area contributed by atoms with Crippen molar-refractivity contribution in [2.45, 2.75) is 25.7 Å². The highest BCUT2D eigenvalue weighted by Crippen LogP contribution is 2.25. The van der Waals surface area contributed by atoms with Crippen molar-refractivity contribution in [1.29, 1.82) is 0 Å². The number of rotatable bonds is 7. The standard InChI is InChI=1S/C22H25N3O2/c1-26-22-6-2-4-19(12-22)13-24-14-20-5-3-11-25(20)21(15-24)17-27-16-18-7-9-23-10-8-18/h2-12,21H,13-17H2,1H3. The molecule has 5 heteroatoms. The molecule has 4 rings (SSSR count). The molecule has 1 aromatic carbocycles. The van der Waals surface area contributed by atoms with Crippen LogP contribution in [0.15, 0.2) is 67.1 Å². The fourth-order valence-electron chi connectivity index (χ4n) is 3.67. The molecule has 0 fully saturated rings. The molecule has 0 bridgehead atoms. The summed E-state index contributed by atoms with van der Waals surface area (Å²) in [7, 11) is 1.71. The van der Waals surface area contributed by atoms with Crippen LogP contribution in [-0.4, -0.2) is 34.7 Å². The van der Waals surface area contributed by atoms with Crippen molar-refractivity contribution in [2.75, 3.05) is 20.3 Å². The molecule has 0 amide bonds. The van der Waals surface area contributed by atoms with Gasteiger partial charge in [-0.3, -0.25) is 9.88 Å². The van der Waals surface area contributed by atoms with Gasteiger partial charge in [-0.05, 0) is 47.5 Å². The number of ether oxygens (including phenoxy) is 2. The number of hydrogen-bond donors (Lipinski definition) is 0. The SMILES string of the molecule is COc1cccc(CN2Cc3cccn3C(COCc3ccncc3)C2)c1. The summed E-state index contributed by atoms with van der Waals surface area (Å²) < 4.78 is 13.7. The second kappa shape index (κ2) is 8.37. The van der Waals surface area contributed by atoms with Crippen molar-refractivity contribution >= 4 is 0 Å². The number of fused-ring (bicyclic) bond motifs is 1. The van der Waals surface area contributed by atoms with Crippen LogP contribution >= 0.6 is 0 Å². The highest BCUT2D eigenvalue weighted by atomic mass is 16.5. The van der Waals surface area contributed by atoms with Crippen LogP contribution in [0.2, 0.25) is 0 Å². The molecular formula is C22H25N3O2. The zero-order valence-corrected chi connectivity index (χ0v) is 15.6. The molecule has 0 saturated carbocycles. The summed E-state index contributed by atoms with van der Waals surface area (Å²) in [6.45, 7) is 4.13. The van der Waals surface area contributed by atoms with Gasteiger partial charge in [0.25, 0.3) is 0 Å². The van der Waals surface area contributed by atoms with Crippen LogP contribution in [0.5, 0.6) is 5.75 Å². The molecule has 0 aliphatic carbocycles. The lowest BCUT2D eigenvalue weighted by molar-refractivity contribution is 0.0588. The van der Waals surface area contributed by atoms with Crippen LogP contribution in [-0.2, 0) is 24.4 Å². The zero-order valence-electron chi connectivity index (χ0n) is 15.6. The summed E-state index contributed by atoms with van der Waals surface area (Å²) in [5, 5.41) is 0. The van der Waals surface area contributed by atoms with Crippen molar-refractivity contribution in [2.24, 2.45) is 0 Å². The third-order valence-electron chi connectivity index (χ3n) is 4.98. The predicted octanol–water partition coefficient (Wildman–Crippen LogP) is 3.67. The van der Waals surface area contributed by atoms with Gasteiger partial charge in [-0.15, -0.1) is 0 Å². The Morgan fingerprint density at radius 1 is 1.07 bits per heavy atom. The molecule has 3 aromatic rings. The van der Waals surface area contributed by atoms with Gasteiger partial charge in [0.1, 0.15) is 5.75 Å². The summed E-state index contributed by atoms with van der Waals surface area (Å²) in [6.07, 6.45) is 5.77. The van der Waals surface area contributed by atoms with Crippen molar-refractivity contribution < 1.29 is 9.47 Å². The minimum Gasteiger partial charge on any atom is -0.497 e. The molecule has 1 atom stereocenters. The summed E-state index contributed by atoms with van der Waals surface area (Å²) >= 11 is 0. The van der Waals surface area contributed by atoms with Crippen molar-refractivity contribution in [3.63, 3.8) is 0 Å². The van der Waals surface area contributed by atoms with Crippen LogP contribution in [0, 0.1) is 0 Å². The van der Waals surface area contributed by atoms with Crippen molar-refractivity contribution in [3.05, 3.63) is 83.9 Å². The van der Waals surface area contributed by atoms with Crippen LogP contribution in [0.25, 0.3) is 0 Å². The first-order valence-corrected chi connectivity index (χ1v) is 9.29. The minimum absolute atomic E-state index is 0.316. The van der Waals surface area contributed by atoms with E-state index in [4.69, 9.17) is 9.47 Å². The minimum atomic E-state index is 0.316. The van der Waals surface area contributed by atoms with Crippen LogP contribution in [0.1, 0.15) is 22.9 Å². The number of methoxy groups -OCH3 is 1. The average Bonchev–Trinajstić information content (AvgIpc) is 3.18. The van der Waals surface area contributed by atoms with Gasteiger partial charge in [0.2, 0.25) is 0 Å². The topological polar surface area (TPSA) is 39.5 Å². The van der Waals surface area contributed by atoms with Crippen LogP contribution in [0.3, 0.4) is 0 Å². The van der Waals surface area contributed by atoms with Gasteiger partial charge in [-0.1, -0.05) is 12.1 Å². The fraction of sp³-hybridized carbons (Fsp3) is 0.318. The summed E-state index contributed by atoms with van der Waals surface area (Å²) in [5.41, 5.74) is 3.76. The molecule has 0 saturated heterocycles. The molecule has 27 heavy (non-hydrogen) atoms. The Bertz CT molecular complexity index is 863. The van der Waals surface area contributed by atoms with Gasteiger partial charge in [-0.2, -0.15) is 0 Å². The Kier molecular flexibility index (Phi) is 5.51. The molecule has 2 aromatic heterocycles. The van der Waals surface area contributed by atoms with Gasteiger partial charge in [0, 0.05) is 43.9 Å². The zero-order chi connectivity index (χ0) is 18.5. The van der Waals surface area contributed by atoms with Gasteiger partial charge in [0.05, 0.1) is 26.4 Å². The Balaban J connectivity index is 1.41. The largest absolute Gasteiger partial charge is 0.497 e. The second-order valence-corrected chi connectivity index (χ2v) is 6.95. The third kappa shape index (κ3) is 4.38. The molecule has 1 aliphatic heterocycles. The number of hydrogen-bond acceptors (Lipinski definition) is 4. The van der Waals surface area contributed by atoms with E-state index < -0.39 is 0 Å². The van der Waals surface area contributed by atoms with E-state index in [-0.39, 0.29) is 0 Å². The van der Waals surface area contributed by atoms with Crippen LogP contribution < -0.4 is 4.74 Å². The number of aromatic nitrogens is 2. The summed E-state index contributed by atoms with van der Waals surface area (Å²) in [4.78, 5) is 6.53. The van der Waals surface area contributed by atoms with Gasteiger partial charge in [0.15, 0.2) is 0 Å². The molecule has 140 valence electrons. The van der Waals surface area contributed by atoms with E-state index >= 15 is 0 Å². The monoisotopic (exact) mass is 363 g/mol. The lowest BCUT2D eigenvalue weighted by atomic mass is 10.1. The maximum absolute atomic E-state index is 6.03. The number of nitrogens with zero attached hydrogens (tertiary/aromatic N) is 3. The molecule has 0 radical (unpaired) electrons. The Morgan fingerprint density at radius 3 is 2.81 bits per heavy atom. The first kappa shape index (κ1) is 17.8. The average molecular weight is 363 g/mol. The summed E-state index contributed by atoms with van der Waals surface area (Å²) in [6, 6.07) is 16.9. The third-order valence-corrected chi connectivity index (χ3v) is 4.98. The second-order valence-electron chi connectivity index (χ2n) is 6.95. The van der Waals surface area contributed by atoms with Gasteiger partial charge in [-0.25, -0.2) is 0 Å². The number of benzene rings is 1. The molecular weight excluding hydrogens is 338 g/mol. The lowest BCUT2D eigenvalue weighted by Crippen LogP contribution is -2.38. The van der Waals surface area contributed by atoms with E-state index in [1.54, 1.807) is 19.5 Å². The highest BCUT2D eigenvalue weighted by Gasteiger charge is 2.24. The fourth-order valence-corrected chi connectivity index (χ4v) is 3.67. The quantitative estimate of drug-likeness (QED) is 0.642. The maximum atomic E-state index is 6.03. The predicted molar refractivity (Wildman–Crippen MR) is 104 cm³/mol. The first-order chi connectivity index (χ1) is 13.3. The first-order valence-electron chi connectivity index (χ1n) is 9.29. The molecule has 0 spiro atoms. The van der Waals surface area contributed by atoms with E-state index in [2.05, 4.69) is 51.0 Å². The van der Waals surface area contributed by atoms with Crippen molar-refractivity contribution in [1.82, 2.24) is 14.5 Å². The molecule has 1 unspecified atom stereocenters. The Morgan fingerprint density at radius 2 is 1.96 bits per heavy atom. The summed E-state index contributed by atoms with van der Waals surface area (Å²) in [5.74, 6) is 0.908. The molecule has 1 aliphatic rings. The highest BCUT2D eigenvalue weighted by molar-refractivity contribution is 5.28. The van der Waals surface area contributed by atoms with E-state index in [1.165, 1.54) is 11.3 Å². The molecule has 5 nitrogen and oxygen atoms in total. The Hall–Kier alpha value is -2.63. The molecule has 3 heterocycles. The van der Waals surface area contributed by atoms with Gasteiger partial charge < -0.3 is 14.0 Å². The van der Waals surface area contributed by atoms with Crippen LogP contribution in [0.4, 0.5) is 0 Å².